The van der Waals surface area contributed by atoms with Crippen LogP contribution in [0.1, 0.15) is 44.9 Å². The van der Waals surface area contributed by atoms with E-state index in [2.05, 4.69) is 21.5 Å². The second kappa shape index (κ2) is 15.3. The van der Waals surface area contributed by atoms with Gasteiger partial charge in [-0.05, 0) is 51.4 Å². The van der Waals surface area contributed by atoms with E-state index in [1.807, 2.05) is 33.3 Å². The fraction of sp³-hybridized carbons (Fsp3) is 0.242. The van der Waals surface area contributed by atoms with Gasteiger partial charge in [-0.1, -0.05) is 42.8 Å². The van der Waals surface area contributed by atoms with Crippen LogP contribution >= 0.6 is 11.3 Å². The van der Waals surface area contributed by atoms with Crippen molar-refractivity contribution >= 4 is 17.3 Å². The SMILES string of the molecule is CNC.Cc1ccc(C(=O)OCO[C@@](Cn2cncn2)(c2ccc(F)cc2F)[C@@H](C)c2nc(-c3ccc(C#N)cc3)cs2)cc1. The molecule has 2 aromatic heterocycles. The van der Waals surface area contributed by atoms with Crippen molar-refractivity contribution in [1.82, 2.24) is 25.1 Å². The van der Waals surface area contributed by atoms with E-state index >= 15 is 4.39 Å². The highest BCUT2D eigenvalue weighted by molar-refractivity contribution is 7.10. The molecule has 0 saturated heterocycles. The number of thiazole rings is 1. The standard InChI is InChI=1S/C31H25F2N5O3S.C2H7N/c1-20-3-7-24(8-4-20)30(39)40-19-41-31(16-38-18-35-17-36-38,26-12-11-25(32)13-27(26)33)21(2)29-37-28(15-42-29)23-9-5-22(14-34)6-10-23;1-3-2/h3-13,15,17-18,21H,16,19H2,1-2H3;3H,1-2H3/t21-,31+;/m0./s1. The predicted molar refractivity (Wildman–Crippen MR) is 166 cm³/mol. The number of nitriles is 1. The Balaban J connectivity index is 0.00000148. The zero-order valence-electron chi connectivity index (χ0n) is 25.2. The van der Waals surface area contributed by atoms with Crippen LogP contribution in [-0.2, 0) is 21.6 Å². The summed E-state index contributed by atoms with van der Waals surface area (Å²) in [4.78, 5) is 21.6. The summed E-state index contributed by atoms with van der Waals surface area (Å²) in [5.74, 6) is -2.84. The van der Waals surface area contributed by atoms with E-state index in [1.54, 1.807) is 48.5 Å². The Morgan fingerprint density at radius 2 is 1.82 bits per heavy atom. The van der Waals surface area contributed by atoms with Crippen LogP contribution in [0.5, 0.6) is 0 Å². The van der Waals surface area contributed by atoms with Crippen molar-refractivity contribution in [3.8, 4) is 17.3 Å². The van der Waals surface area contributed by atoms with Crippen molar-refractivity contribution in [3.05, 3.63) is 124 Å². The van der Waals surface area contributed by atoms with E-state index in [9.17, 15) is 9.18 Å². The van der Waals surface area contributed by atoms with Crippen LogP contribution in [0.25, 0.3) is 11.3 Å². The van der Waals surface area contributed by atoms with Crippen LogP contribution in [0.3, 0.4) is 0 Å². The molecule has 0 saturated carbocycles. The number of aromatic nitrogens is 4. The maximum Gasteiger partial charge on any atom is 0.340 e. The lowest BCUT2D eigenvalue weighted by Gasteiger charge is -2.38. The third kappa shape index (κ3) is 8.02. The molecule has 9 nitrogen and oxygen atoms in total. The van der Waals surface area contributed by atoms with Crippen molar-refractivity contribution in [2.45, 2.75) is 31.9 Å². The molecule has 232 valence electrons. The van der Waals surface area contributed by atoms with Crippen LogP contribution in [0, 0.1) is 29.9 Å². The number of carbonyl (C=O) groups excluding carboxylic acids is 1. The quantitative estimate of drug-likeness (QED) is 0.143. The summed E-state index contributed by atoms with van der Waals surface area (Å²) < 4.78 is 42.9. The molecule has 0 radical (unpaired) electrons. The number of ether oxygens (including phenoxy) is 2. The first kappa shape index (κ1) is 33.1. The first-order valence-electron chi connectivity index (χ1n) is 13.9. The fourth-order valence-electron chi connectivity index (χ4n) is 4.59. The van der Waals surface area contributed by atoms with Crippen LogP contribution in [-0.4, -0.2) is 46.6 Å². The highest BCUT2D eigenvalue weighted by Crippen LogP contribution is 2.44. The second-order valence-corrected chi connectivity index (χ2v) is 11.0. The van der Waals surface area contributed by atoms with Crippen LogP contribution < -0.4 is 5.32 Å². The van der Waals surface area contributed by atoms with E-state index in [0.717, 1.165) is 23.3 Å². The molecular weight excluding hydrogens is 598 g/mol. The number of halogens is 2. The van der Waals surface area contributed by atoms with E-state index in [-0.39, 0.29) is 12.1 Å². The summed E-state index contributed by atoms with van der Waals surface area (Å²) in [7, 11) is 3.75. The number of rotatable bonds is 10. The molecule has 5 rings (SSSR count). The van der Waals surface area contributed by atoms with Gasteiger partial charge in [0.05, 0.1) is 34.4 Å². The summed E-state index contributed by atoms with van der Waals surface area (Å²) in [5, 5.41) is 18.5. The summed E-state index contributed by atoms with van der Waals surface area (Å²) in [5.41, 5.74) is 1.78. The van der Waals surface area contributed by atoms with E-state index < -0.39 is 35.9 Å². The molecule has 2 heterocycles. The molecule has 2 atom stereocenters. The van der Waals surface area contributed by atoms with Crippen molar-refractivity contribution in [2.24, 2.45) is 0 Å². The number of esters is 1. The van der Waals surface area contributed by atoms with Gasteiger partial charge in [-0.25, -0.2) is 28.2 Å². The van der Waals surface area contributed by atoms with Gasteiger partial charge in [0.2, 0.25) is 0 Å². The molecule has 3 aromatic carbocycles. The van der Waals surface area contributed by atoms with Gasteiger partial charge in [-0.15, -0.1) is 11.3 Å². The van der Waals surface area contributed by atoms with Gasteiger partial charge in [-0.3, -0.25) is 0 Å². The Morgan fingerprint density at radius 3 is 2.44 bits per heavy atom. The molecule has 5 aromatic rings. The molecular formula is C33H32F2N6O3S. The maximum absolute atomic E-state index is 15.6. The Labute approximate surface area is 264 Å². The van der Waals surface area contributed by atoms with Crippen molar-refractivity contribution < 1.29 is 23.0 Å². The van der Waals surface area contributed by atoms with E-state index in [0.29, 0.717) is 21.8 Å². The molecule has 0 spiro atoms. The van der Waals surface area contributed by atoms with Crippen LogP contribution in [0.15, 0.2) is 84.8 Å². The third-order valence-electron chi connectivity index (χ3n) is 6.95. The lowest BCUT2D eigenvalue weighted by Crippen LogP contribution is -2.42. The van der Waals surface area contributed by atoms with E-state index in [1.165, 1.54) is 34.7 Å². The number of aryl methyl sites for hydroxylation is 1. The molecule has 0 amide bonds. The molecule has 12 heteroatoms. The Hall–Kier alpha value is -4.83. The summed E-state index contributed by atoms with van der Waals surface area (Å²) in [6.07, 6.45) is 2.79. The van der Waals surface area contributed by atoms with Gasteiger partial charge in [0.15, 0.2) is 6.79 Å². The minimum absolute atomic E-state index is 0.0356. The van der Waals surface area contributed by atoms with Crippen molar-refractivity contribution in [3.63, 3.8) is 0 Å². The number of nitrogens with one attached hydrogen (secondary N) is 1. The summed E-state index contributed by atoms with van der Waals surface area (Å²) >= 11 is 1.34. The normalized spacial score (nSPS) is 12.7. The van der Waals surface area contributed by atoms with Crippen LogP contribution in [0.2, 0.25) is 0 Å². The van der Waals surface area contributed by atoms with Gasteiger partial charge in [-0.2, -0.15) is 10.4 Å². The van der Waals surface area contributed by atoms with Crippen molar-refractivity contribution in [1.29, 1.82) is 5.26 Å². The third-order valence-corrected chi connectivity index (χ3v) is 7.97. The number of benzene rings is 3. The zero-order valence-corrected chi connectivity index (χ0v) is 26.0. The highest BCUT2D eigenvalue weighted by Gasteiger charge is 2.45. The summed E-state index contributed by atoms with van der Waals surface area (Å²) in [6.45, 7) is 3.13. The predicted octanol–water partition coefficient (Wildman–Crippen LogP) is 6.23. The maximum atomic E-state index is 15.6. The molecule has 0 aliphatic rings. The molecule has 45 heavy (non-hydrogen) atoms. The van der Waals surface area contributed by atoms with Crippen molar-refractivity contribution in [2.75, 3.05) is 20.9 Å². The van der Waals surface area contributed by atoms with Gasteiger partial charge >= 0.3 is 5.97 Å². The van der Waals surface area contributed by atoms with Gasteiger partial charge in [0.25, 0.3) is 0 Å². The second-order valence-electron chi connectivity index (χ2n) is 10.1. The van der Waals surface area contributed by atoms with Gasteiger partial charge in [0.1, 0.15) is 29.9 Å². The minimum atomic E-state index is -1.56. The first-order chi connectivity index (χ1) is 21.7. The van der Waals surface area contributed by atoms with Gasteiger partial charge < -0.3 is 14.8 Å². The molecule has 1 N–H and O–H groups in total. The number of carbonyl (C=O) groups is 1. The Bertz CT molecular complexity index is 1740. The average molecular weight is 631 g/mol. The lowest BCUT2D eigenvalue weighted by atomic mass is 9.81. The van der Waals surface area contributed by atoms with Crippen LogP contribution in [0.4, 0.5) is 8.78 Å². The zero-order chi connectivity index (χ0) is 32.4. The highest BCUT2D eigenvalue weighted by atomic mass is 32.1. The average Bonchev–Trinajstić information content (AvgIpc) is 3.74. The lowest BCUT2D eigenvalue weighted by molar-refractivity contribution is -0.148. The van der Waals surface area contributed by atoms with E-state index in [4.69, 9.17) is 19.7 Å². The topological polar surface area (TPSA) is 115 Å². The molecule has 0 fully saturated rings. The Kier molecular flexibility index (Phi) is 11.2. The molecule has 0 bridgehead atoms. The largest absolute Gasteiger partial charge is 0.435 e. The summed E-state index contributed by atoms with van der Waals surface area (Å²) in [6, 6.07) is 19.2. The molecule has 0 unspecified atom stereocenters. The Morgan fingerprint density at radius 1 is 1.11 bits per heavy atom. The molecule has 0 aliphatic carbocycles. The first-order valence-corrected chi connectivity index (χ1v) is 14.8. The smallest absolute Gasteiger partial charge is 0.340 e. The molecule has 0 aliphatic heterocycles. The number of hydrogen-bond donors (Lipinski definition) is 1. The number of nitrogens with zero attached hydrogens (tertiary/aromatic N) is 5. The minimum Gasteiger partial charge on any atom is -0.435 e. The fourth-order valence-corrected chi connectivity index (χ4v) is 5.55. The van der Waals surface area contributed by atoms with Gasteiger partial charge in [0, 0.05) is 28.5 Å². The monoisotopic (exact) mass is 630 g/mol. The number of hydrogen-bond acceptors (Lipinski definition) is 9.